The van der Waals surface area contributed by atoms with Crippen LogP contribution in [0.4, 0.5) is 0 Å². The number of hydrogen-bond acceptors (Lipinski definition) is 4. The normalized spacial score (nSPS) is 34.7. The van der Waals surface area contributed by atoms with E-state index in [2.05, 4.69) is 0 Å². The molecule has 1 saturated heterocycles. The standard InChI is InChI=1S/C14H20O4/c1-9(15)6-10-4-5-18-12(17)14(10)8-13(2,3)7-11(14)16/h10H,4-8H2,1-3H3/t10-,14-/m1/s1. The molecule has 0 amide bonds. The van der Waals surface area contributed by atoms with Crippen LogP contribution in [0, 0.1) is 16.7 Å². The average molecular weight is 252 g/mol. The Morgan fingerprint density at radius 2 is 2.06 bits per heavy atom. The maximum absolute atomic E-state index is 12.4. The highest BCUT2D eigenvalue weighted by Gasteiger charge is 2.61. The van der Waals surface area contributed by atoms with Crippen molar-refractivity contribution in [2.24, 2.45) is 16.7 Å². The Morgan fingerprint density at radius 3 is 2.56 bits per heavy atom. The van der Waals surface area contributed by atoms with E-state index in [4.69, 9.17) is 4.74 Å². The molecule has 4 nitrogen and oxygen atoms in total. The molecular formula is C14H20O4. The number of ketones is 2. The van der Waals surface area contributed by atoms with Crippen LogP contribution in [0.2, 0.25) is 0 Å². The zero-order valence-electron chi connectivity index (χ0n) is 11.2. The van der Waals surface area contributed by atoms with Crippen LogP contribution in [-0.4, -0.2) is 24.1 Å². The number of esters is 1. The van der Waals surface area contributed by atoms with Crippen molar-refractivity contribution in [3.8, 4) is 0 Å². The number of hydrogen-bond donors (Lipinski definition) is 0. The van der Waals surface area contributed by atoms with Crippen molar-refractivity contribution >= 4 is 17.5 Å². The Bertz CT molecular complexity index is 410. The number of Topliss-reactive ketones (excluding diaryl/α,β-unsaturated/α-hetero) is 2. The summed E-state index contributed by atoms with van der Waals surface area (Å²) in [6, 6.07) is 0. The fourth-order valence-corrected chi connectivity index (χ4v) is 3.53. The molecule has 1 spiro atoms. The van der Waals surface area contributed by atoms with Gasteiger partial charge in [-0.1, -0.05) is 13.8 Å². The van der Waals surface area contributed by atoms with Gasteiger partial charge in [-0.25, -0.2) is 0 Å². The van der Waals surface area contributed by atoms with Crippen LogP contribution in [0.25, 0.3) is 0 Å². The summed E-state index contributed by atoms with van der Waals surface area (Å²) in [7, 11) is 0. The Kier molecular flexibility index (Phi) is 3.07. The first-order valence-electron chi connectivity index (χ1n) is 6.48. The molecule has 1 heterocycles. The molecule has 4 heteroatoms. The van der Waals surface area contributed by atoms with Crippen LogP contribution < -0.4 is 0 Å². The van der Waals surface area contributed by atoms with Gasteiger partial charge < -0.3 is 9.53 Å². The predicted molar refractivity (Wildman–Crippen MR) is 64.8 cm³/mol. The maximum atomic E-state index is 12.4. The molecule has 1 aliphatic heterocycles. The lowest BCUT2D eigenvalue weighted by Gasteiger charge is -2.38. The highest BCUT2D eigenvalue weighted by Crippen LogP contribution is 2.54. The second-order valence-corrected chi connectivity index (χ2v) is 6.44. The molecule has 1 saturated carbocycles. The molecule has 0 aromatic heterocycles. The van der Waals surface area contributed by atoms with Crippen LogP contribution >= 0.6 is 0 Å². The van der Waals surface area contributed by atoms with Gasteiger partial charge in [-0.2, -0.15) is 0 Å². The highest BCUT2D eigenvalue weighted by molar-refractivity contribution is 6.06. The van der Waals surface area contributed by atoms with Crippen molar-refractivity contribution < 1.29 is 19.1 Å². The first-order valence-corrected chi connectivity index (χ1v) is 6.48. The van der Waals surface area contributed by atoms with Crippen molar-refractivity contribution in [1.82, 2.24) is 0 Å². The van der Waals surface area contributed by atoms with E-state index in [-0.39, 0.29) is 22.9 Å². The van der Waals surface area contributed by atoms with Crippen LogP contribution in [0.1, 0.15) is 46.5 Å². The number of rotatable bonds is 2. The summed E-state index contributed by atoms with van der Waals surface area (Å²) in [6.07, 6.45) is 1.83. The Morgan fingerprint density at radius 1 is 1.39 bits per heavy atom. The van der Waals surface area contributed by atoms with E-state index in [1.54, 1.807) is 0 Å². The van der Waals surface area contributed by atoms with Gasteiger partial charge in [-0.05, 0) is 31.1 Å². The highest BCUT2D eigenvalue weighted by atomic mass is 16.5. The van der Waals surface area contributed by atoms with E-state index in [1.165, 1.54) is 6.92 Å². The summed E-state index contributed by atoms with van der Waals surface area (Å²) in [6.45, 7) is 5.82. The quantitative estimate of drug-likeness (QED) is 0.556. The molecule has 2 fully saturated rings. The van der Waals surface area contributed by atoms with Crippen LogP contribution in [0.15, 0.2) is 0 Å². The molecule has 0 radical (unpaired) electrons. The van der Waals surface area contributed by atoms with Gasteiger partial charge in [0.1, 0.15) is 11.2 Å². The Hall–Kier alpha value is -1.19. The Balaban J connectivity index is 2.38. The van der Waals surface area contributed by atoms with Gasteiger partial charge in [-0.15, -0.1) is 0 Å². The van der Waals surface area contributed by atoms with Gasteiger partial charge in [0.2, 0.25) is 0 Å². The SMILES string of the molecule is CC(=O)C[C@H]1CCOC(=O)[C@]12CC(C)(C)CC2=O. The van der Waals surface area contributed by atoms with Crippen LogP contribution in [-0.2, 0) is 19.1 Å². The molecule has 0 aromatic carbocycles. The maximum Gasteiger partial charge on any atom is 0.319 e. The van der Waals surface area contributed by atoms with Crippen LogP contribution in [0.5, 0.6) is 0 Å². The molecule has 2 aliphatic rings. The molecule has 2 atom stereocenters. The van der Waals surface area contributed by atoms with Gasteiger partial charge in [0.25, 0.3) is 0 Å². The molecule has 0 aromatic rings. The van der Waals surface area contributed by atoms with Crippen molar-refractivity contribution in [1.29, 1.82) is 0 Å². The van der Waals surface area contributed by atoms with Gasteiger partial charge in [0.05, 0.1) is 6.61 Å². The van der Waals surface area contributed by atoms with E-state index >= 15 is 0 Å². The minimum Gasteiger partial charge on any atom is -0.465 e. The minimum absolute atomic E-state index is 0.0339. The summed E-state index contributed by atoms with van der Waals surface area (Å²) in [4.78, 5) is 35.9. The summed E-state index contributed by atoms with van der Waals surface area (Å²) >= 11 is 0. The van der Waals surface area contributed by atoms with Gasteiger partial charge in [0.15, 0.2) is 5.78 Å². The summed E-state index contributed by atoms with van der Waals surface area (Å²) < 4.78 is 5.12. The molecular weight excluding hydrogens is 232 g/mol. The summed E-state index contributed by atoms with van der Waals surface area (Å²) in [5, 5.41) is 0. The van der Waals surface area contributed by atoms with E-state index in [1.807, 2.05) is 13.8 Å². The second-order valence-electron chi connectivity index (χ2n) is 6.44. The Labute approximate surface area is 107 Å². The fraction of sp³-hybridized carbons (Fsp3) is 0.786. The van der Waals surface area contributed by atoms with E-state index in [9.17, 15) is 14.4 Å². The largest absolute Gasteiger partial charge is 0.465 e. The lowest BCUT2D eigenvalue weighted by Crippen LogP contribution is -2.48. The predicted octanol–water partition coefficient (Wildman–Crippen LogP) is 1.90. The smallest absolute Gasteiger partial charge is 0.319 e. The number of carbonyl (C=O) groups excluding carboxylic acids is 3. The zero-order chi connectivity index (χ0) is 13.6. The molecule has 100 valence electrons. The fourth-order valence-electron chi connectivity index (χ4n) is 3.53. The third kappa shape index (κ3) is 1.98. The monoisotopic (exact) mass is 252 g/mol. The zero-order valence-corrected chi connectivity index (χ0v) is 11.2. The van der Waals surface area contributed by atoms with E-state index in [0.29, 0.717) is 32.3 Å². The molecule has 2 rings (SSSR count). The van der Waals surface area contributed by atoms with E-state index < -0.39 is 11.4 Å². The molecule has 18 heavy (non-hydrogen) atoms. The van der Waals surface area contributed by atoms with Gasteiger partial charge >= 0.3 is 5.97 Å². The summed E-state index contributed by atoms with van der Waals surface area (Å²) in [5.74, 6) is -0.587. The molecule has 0 unspecified atom stereocenters. The first kappa shape index (κ1) is 13.2. The summed E-state index contributed by atoms with van der Waals surface area (Å²) in [5.41, 5.74) is -1.23. The van der Waals surface area contributed by atoms with Crippen LogP contribution in [0.3, 0.4) is 0 Å². The minimum atomic E-state index is -1.05. The number of cyclic esters (lactones) is 1. The molecule has 1 aliphatic carbocycles. The van der Waals surface area contributed by atoms with E-state index in [0.717, 1.165) is 0 Å². The lowest BCUT2D eigenvalue weighted by atomic mass is 9.67. The second kappa shape index (κ2) is 4.18. The van der Waals surface area contributed by atoms with Crippen molar-refractivity contribution in [3.63, 3.8) is 0 Å². The van der Waals surface area contributed by atoms with Crippen molar-refractivity contribution in [2.75, 3.05) is 6.61 Å². The first-order chi connectivity index (χ1) is 8.28. The third-order valence-electron chi connectivity index (χ3n) is 4.19. The molecule has 0 bridgehead atoms. The average Bonchev–Trinajstić information content (AvgIpc) is 2.45. The molecule has 0 N–H and O–H groups in total. The van der Waals surface area contributed by atoms with Crippen molar-refractivity contribution in [2.45, 2.75) is 46.5 Å². The van der Waals surface area contributed by atoms with Gasteiger partial charge in [-0.3, -0.25) is 9.59 Å². The van der Waals surface area contributed by atoms with Crippen molar-refractivity contribution in [3.05, 3.63) is 0 Å². The number of ether oxygens (including phenoxy) is 1. The third-order valence-corrected chi connectivity index (χ3v) is 4.19. The number of carbonyl (C=O) groups is 3. The van der Waals surface area contributed by atoms with Gasteiger partial charge in [0, 0.05) is 12.8 Å². The topological polar surface area (TPSA) is 60.4 Å². The lowest BCUT2D eigenvalue weighted by molar-refractivity contribution is -0.171.